The standard InChI is InChI=1S/C12H19N5O9P2S/c1-16-4-17(9-6(16)10(20)15-12(13)14-9)11-8(19)7(18)5(25-11)3-29-28(23,24)26-27(2,21)22/h4-5,7-8,11,18-19H,3H2,1-2H3,(H4-,13,14,15,20,21,22,23,24)/p+1/t5-,7?,8+,11-/m1/s1. The molecule has 0 bridgehead atoms. The van der Waals surface area contributed by atoms with Crippen molar-refractivity contribution in [3.05, 3.63) is 16.7 Å². The summed E-state index contributed by atoms with van der Waals surface area (Å²) < 4.78 is 35.7. The van der Waals surface area contributed by atoms with Crippen LogP contribution in [0.1, 0.15) is 6.23 Å². The molecule has 3 rings (SSSR count). The number of hydrogen-bond acceptors (Lipinski definition) is 10. The molecule has 0 aromatic carbocycles. The Morgan fingerprint density at radius 3 is 2.69 bits per heavy atom. The van der Waals surface area contributed by atoms with Crippen LogP contribution in [0.2, 0.25) is 0 Å². The van der Waals surface area contributed by atoms with Crippen LogP contribution in [-0.4, -0.2) is 65.3 Å². The minimum absolute atomic E-state index is 0.0988. The van der Waals surface area contributed by atoms with Gasteiger partial charge in [0.15, 0.2) is 6.33 Å². The normalized spacial score (nSPS) is 29.0. The highest BCUT2D eigenvalue weighted by Gasteiger charge is 2.47. The third kappa shape index (κ3) is 4.74. The highest BCUT2D eigenvalue weighted by atomic mass is 32.7. The van der Waals surface area contributed by atoms with Gasteiger partial charge in [-0.1, -0.05) is 4.98 Å². The number of H-pyrrole nitrogens is 1. The van der Waals surface area contributed by atoms with Crippen molar-refractivity contribution in [2.45, 2.75) is 24.5 Å². The molecule has 2 aromatic heterocycles. The van der Waals surface area contributed by atoms with Crippen LogP contribution in [-0.2, 0) is 25.2 Å². The Hall–Kier alpha value is -1.28. The number of aryl methyl sites for hydroxylation is 1. The topological polar surface area (TPSA) is 214 Å². The third-order valence-electron chi connectivity index (χ3n) is 4.06. The zero-order chi connectivity index (χ0) is 21.7. The molecule has 1 aliphatic heterocycles. The van der Waals surface area contributed by atoms with Crippen LogP contribution in [0, 0.1) is 0 Å². The number of nitrogens with zero attached hydrogens (tertiary/aromatic N) is 3. The van der Waals surface area contributed by atoms with Gasteiger partial charge in [-0.05, 0) is 11.4 Å². The average Bonchev–Trinajstić information content (AvgIpc) is 3.01. The molecule has 0 radical (unpaired) electrons. The van der Waals surface area contributed by atoms with E-state index in [0.29, 0.717) is 0 Å². The van der Waals surface area contributed by atoms with Gasteiger partial charge in [-0.15, -0.1) is 0 Å². The van der Waals surface area contributed by atoms with Gasteiger partial charge in [0.05, 0.1) is 13.2 Å². The van der Waals surface area contributed by atoms with Crippen molar-refractivity contribution in [1.82, 2.24) is 14.5 Å². The van der Waals surface area contributed by atoms with Crippen LogP contribution in [0.15, 0.2) is 11.1 Å². The van der Waals surface area contributed by atoms with E-state index in [-0.39, 0.29) is 34.2 Å². The van der Waals surface area contributed by atoms with Gasteiger partial charge < -0.3 is 30.5 Å². The zero-order valence-electron chi connectivity index (χ0n) is 15.1. The van der Waals surface area contributed by atoms with Crippen LogP contribution in [0.4, 0.5) is 5.95 Å². The number of ether oxygens (including phenoxy) is 1. The van der Waals surface area contributed by atoms with E-state index in [1.54, 1.807) is 7.05 Å². The van der Waals surface area contributed by atoms with E-state index >= 15 is 0 Å². The minimum atomic E-state index is -4.51. The van der Waals surface area contributed by atoms with Gasteiger partial charge in [0.2, 0.25) is 11.7 Å². The Morgan fingerprint density at radius 1 is 1.41 bits per heavy atom. The molecule has 1 fully saturated rings. The van der Waals surface area contributed by atoms with E-state index in [1.807, 2.05) is 0 Å². The lowest BCUT2D eigenvalue weighted by Gasteiger charge is -2.17. The predicted molar refractivity (Wildman–Crippen MR) is 101 cm³/mol. The first-order chi connectivity index (χ1) is 13.3. The van der Waals surface area contributed by atoms with E-state index in [9.17, 15) is 29.0 Å². The van der Waals surface area contributed by atoms with Gasteiger partial charge in [0, 0.05) is 12.4 Å². The second-order valence-corrected chi connectivity index (χ2v) is 12.4. The van der Waals surface area contributed by atoms with Crippen LogP contribution in [0.5, 0.6) is 0 Å². The fraction of sp³-hybridized carbons (Fsp3) is 0.583. The number of nitrogen functional groups attached to an aromatic ring is 1. The SMILES string of the molecule is Cn1c[n+]([C@@H]2O[C@H](CSP(=O)(O)OP(C)(=O)O)C(O)[C@@H]2O)c2nc(N)[nH]c(=O)c21. The number of rotatable bonds is 6. The molecular weight excluding hydrogens is 452 g/mol. The Morgan fingerprint density at radius 2 is 2.07 bits per heavy atom. The number of aromatic nitrogens is 4. The van der Waals surface area contributed by atoms with Gasteiger partial charge in [-0.3, -0.25) is 18.9 Å². The van der Waals surface area contributed by atoms with Gasteiger partial charge >= 0.3 is 20.0 Å². The van der Waals surface area contributed by atoms with Crippen molar-refractivity contribution in [2.75, 3.05) is 18.2 Å². The second kappa shape index (κ2) is 7.76. The number of fused-ring (bicyclic) bond motifs is 1. The zero-order valence-corrected chi connectivity index (χ0v) is 17.8. The Kier molecular flexibility index (Phi) is 6.00. The molecule has 162 valence electrons. The van der Waals surface area contributed by atoms with E-state index in [4.69, 9.17) is 15.4 Å². The van der Waals surface area contributed by atoms with Crippen molar-refractivity contribution in [3.63, 3.8) is 0 Å². The molecule has 17 heteroatoms. The largest absolute Gasteiger partial charge is 0.393 e. The minimum Gasteiger partial charge on any atom is -0.387 e. The molecule has 7 N–H and O–H groups in total. The van der Waals surface area contributed by atoms with Crippen molar-refractivity contribution < 1.29 is 42.7 Å². The number of aliphatic hydroxyl groups excluding tert-OH is 2. The van der Waals surface area contributed by atoms with E-state index in [1.165, 1.54) is 15.5 Å². The van der Waals surface area contributed by atoms with Gasteiger partial charge in [0.1, 0.15) is 12.2 Å². The van der Waals surface area contributed by atoms with Crippen molar-refractivity contribution >= 4 is 42.9 Å². The van der Waals surface area contributed by atoms with Crippen LogP contribution in [0.3, 0.4) is 0 Å². The summed E-state index contributed by atoms with van der Waals surface area (Å²) in [6.45, 7) is -3.75. The molecule has 1 aliphatic rings. The Labute approximate surface area is 167 Å². The van der Waals surface area contributed by atoms with Crippen molar-refractivity contribution in [2.24, 2.45) is 7.05 Å². The van der Waals surface area contributed by atoms with Crippen LogP contribution >= 0.6 is 25.8 Å². The monoisotopic (exact) mass is 472 g/mol. The summed E-state index contributed by atoms with van der Waals surface area (Å²) in [5.74, 6) is -0.488. The second-order valence-electron chi connectivity index (χ2n) is 6.45. The predicted octanol–water partition coefficient (Wildman–Crippen LogP) is -1.58. The molecule has 6 atom stereocenters. The first-order valence-electron chi connectivity index (χ1n) is 8.05. The molecule has 29 heavy (non-hydrogen) atoms. The smallest absolute Gasteiger partial charge is 0.387 e. The maximum atomic E-state index is 12.1. The number of imidazole rings is 1. The van der Waals surface area contributed by atoms with Gasteiger partial charge in [-0.25, -0.2) is 13.4 Å². The number of aliphatic hydroxyl groups is 2. The summed E-state index contributed by atoms with van der Waals surface area (Å²) in [4.78, 5) is 37.2. The van der Waals surface area contributed by atoms with Crippen molar-refractivity contribution in [1.29, 1.82) is 0 Å². The number of anilines is 1. The number of nitrogens with one attached hydrogen (secondary N) is 1. The summed E-state index contributed by atoms with van der Waals surface area (Å²) in [5.41, 5.74) is 5.31. The van der Waals surface area contributed by atoms with Crippen molar-refractivity contribution in [3.8, 4) is 0 Å². The van der Waals surface area contributed by atoms with E-state index in [0.717, 1.165) is 6.66 Å². The molecule has 0 aliphatic carbocycles. The van der Waals surface area contributed by atoms with Gasteiger partial charge in [-0.2, -0.15) is 0 Å². The molecular formula is C12H20N5O9P2S+. The molecule has 14 nitrogen and oxygen atoms in total. The lowest BCUT2D eigenvalue weighted by atomic mass is 10.1. The van der Waals surface area contributed by atoms with E-state index < -0.39 is 44.5 Å². The Balaban J connectivity index is 1.84. The lowest BCUT2D eigenvalue weighted by Crippen LogP contribution is -2.46. The fourth-order valence-corrected chi connectivity index (χ4v) is 7.81. The Bertz CT molecular complexity index is 1080. The molecule has 2 aromatic rings. The number of nitrogens with two attached hydrogens (primary N) is 1. The van der Waals surface area contributed by atoms with Crippen LogP contribution < -0.4 is 15.9 Å². The summed E-state index contributed by atoms with van der Waals surface area (Å²) in [6.07, 6.45) is -3.81. The molecule has 3 unspecified atom stereocenters. The molecule has 0 amide bonds. The lowest BCUT2D eigenvalue weighted by molar-refractivity contribution is -0.745. The number of hydrogen-bond donors (Lipinski definition) is 6. The number of aromatic amines is 1. The third-order valence-corrected chi connectivity index (χ3v) is 8.93. The molecule has 0 saturated carbocycles. The first kappa shape index (κ1) is 22.4. The fourth-order valence-electron chi connectivity index (χ4n) is 2.93. The first-order valence-corrected chi connectivity index (χ1v) is 13.2. The highest BCUT2D eigenvalue weighted by Crippen LogP contribution is 2.65. The average molecular weight is 472 g/mol. The molecule has 1 saturated heterocycles. The maximum absolute atomic E-state index is 12.1. The summed E-state index contributed by atoms with van der Waals surface area (Å²) in [6, 6.07) is 0. The summed E-state index contributed by atoms with van der Waals surface area (Å²) >= 11 is 0.275. The summed E-state index contributed by atoms with van der Waals surface area (Å²) in [7, 11) is -2.65. The summed E-state index contributed by atoms with van der Waals surface area (Å²) in [5, 5.41) is 20.7. The highest BCUT2D eigenvalue weighted by molar-refractivity contribution is 8.55. The van der Waals surface area contributed by atoms with Gasteiger partial charge in [0.25, 0.3) is 11.5 Å². The maximum Gasteiger partial charge on any atom is 0.393 e. The quantitative estimate of drug-likeness (QED) is 0.207. The van der Waals surface area contributed by atoms with Crippen LogP contribution in [0.25, 0.3) is 11.2 Å². The molecule has 0 spiro atoms. The van der Waals surface area contributed by atoms with E-state index in [2.05, 4.69) is 14.3 Å². The molecule has 3 heterocycles.